The van der Waals surface area contributed by atoms with Crippen molar-refractivity contribution in [2.24, 2.45) is 12.5 Å². The molecule has 5 rings (SSSR count). The average molecular weight is 478 g/mol. The molecule has 1 aromatic heterocycles. The van der Waals surface area contributed by atoms with Crippen LogP contribution in [0.4, 0.5) is 21.5 Å². The van der Waals surface area contributed by atoms with Gasteiger partial charge in [-0.25, -0.2) is 9.37 Å². The van der Waals surface area contributed by atoms with Crippen LogP contribution in [0, 0.1) is 18.2 Å². The average Bonchev–Trinajstić information content (AvgIpc) is 3.52. The number of hydrogen-bond acceptors (Lipinski definition) is 5. The highest BCUT2D eigenvalue weighted by Gasteiger charge is 2.55. The number of hydrogen-bond donors (Lipinski definition) is 2. The molecule has 0 bridgehead atoms. The molecule has 0 radical (unpaired) electrons. The molecule has 0 unspecified atom stereocenters. The third kappa shape index (κ3) is 3.42. The monoisotopic (exact) mass is 477 g/mol. The van der Waals surface area contributed by atoms with Crippen molar-refractivity contribution < 1.29 is 12.8 Å². The lowest BCUT2D eigenvalue weighted by molar-refractivity contribution is 0.180. The molecule has 1 saturated carbocycles. The molecule has 8 nitrogen and oxygen atoms in total. The molecule has 1 aliphatic heterocycles. The van der Waals surface area contributed by atoms with E-state index in [1.165, 1.54) is 21.3 Å². The summed E-state index contributed by atoms with van der Waals surface area (Å²) in [4.78, 5) is 16.8. The maximum Gasteiger partial charge on any atom is 0.301 e. The molecule has 2 N–H and O–H groups in total. The molecule has 2 aromatic carbocycles. The van der Waals surface area contributed by atoms with E-state index in [-0.39, 0.29) is 27.4 Å². The van der Waals surface area contributed by atoms with Crippen LogP contribution >= 0.6 is 11.6 Å². The molecular formula is C21H21ClFN5O3S. The van der Waals surface area contributed by atoms with E-state index >= 15 is 0 Å². The number of aryl methyl sites for hydroxylation is 2. The number of aromatic nitrogens is 2. The van der Waals surface area contributed by atoms with Crippen LogP contribution < -0.4 is 15.6 Å². The first-order valence-electron chi connectivity index (χ1n) is 10.1. The van der Waals surface area contributed by atoms with E-state index in [2.05, 4.69) is 15.0 Å². The van der Waals surface area contributed by atoms with Crippen LogP contribution in [-0.2, 0) is 17.3 Å². The van der Waals surface area contributed by atoms with Gasteiger partial charge in [0, 0.05) is 25.8 Å². The van der Waals surface area contributed by atoms with Gasteiger partial charge in [0.1, 0.15) is 5.82 Å². The van der Waals surface area contributed by atoms with Crippen molar-refractivity contribution in [2.75, 3.05) is 23.1 Å². The number of nitrogens with zero attached hydrogens (tertiary/aromatic N) is 3. The largest absolute Gasteiger partial charge is 0.352 e. The zero-order valence-corrected chi connectivity index (χ0v) is 19.0. The first kappa shape index (κ1) is 21.2. The smallest absolute Gasteiger partial charge is 0.301 e. The van der Waals surface area contributed by atoms with E-state index < -0.39 is 16.0 Å². The standard InChI is InChI=1S/C21H21ClFN5O3S/c1-12-14(5-6-15-17(12)20(29)27(2)11-24-15)25-19-13(23)3-4-16(18(19)22)26-32(30,31)28-9-21(10-28)7-8-21/h3-6,11,25-26H,7-10H2,1-2H3. The van der Waals surface area contributed by atoms with Crippen LogP contribution in [0.1, 0.15) is 18.4 Å². The van der Waals surface area contributed by atoms with Crippen LogP contribution in [-0.4, -0.2) is 35.4 Å². The van der Waals surface area contributed by atoms with Gasteiger partial charge < -0.3 is 9.88 Å². The molecular weight excluding hydrogens is 457 g/mol. The summed E-state index contributed by atoms with van der Waals surface area (Å²) >= 11 is 6.41. The molecule has 168 valence electrons. The summed E-state index contributed by atoms with van der Waals surface area (Å²) < 4.78 is 45.2. The third-order valence-corrected chi connectivity index (χ3v) is 8.07. The van der Waals surface area contributed by atoms with Crippen LogP contribution in [0.3, 0.4) is 0 Å². The fourth-order valence-electron chi connectivity index (χ4n) is 4.04. The second-order valence-electron chi connectivity index (χ2n) is 8.58. The molecule has 0 amide bonds. The van der Waals surface area contributed by atoms with Crippen LogP contribution in [0.15, 0.2) is 35.4 Å². The number of halogens is 2. The zero-order chi connectivity index (χ0) is 22.8. The zero-order valence-electron chi connectivity index (χ0n) is 17.4. The van der Waals surface area contributed by atoms with Gasteiger partial charge in [-0.3, -0.25) is 9.52 Å². The number of nitrogens with one attached hydrogen (secondary N) is 2. The van der Waals surface area contributed by atoms with Gasteiger partial charge in [0.2, 0.25) is 0 Å². The predicted molar refractivity (Wildman–Crippen MR) is 122 cm³/mol. The van der Waals surface area contributed by atoms with E-state index in [9.17, 15) is 17.6 Å². The Morgan fingerprint density at radius 2 is 1.84 bits per heavy atom. The van der Waals surface area contributed by atoms with Gasteiger partial charge in [0.05, 0.1) is 33.6 Å². The Balaban J connectivity index is 1.48. The third-order valence-electron chi connectivity index (χ3n) is 6.26. The topological polar surface area (TPSA) is 96.3 Å². The quantitative estimate of drug-likeness (QED) is 0.586. The van der Waals surface area contributed by atoms with Crippen molar-refractivity contribution >= 4 is 49.8 Å². The number of benzene rings is 2. The fraction of sp³-hybridized carbons (Fsp3) is 0.333. The minimum atomic E-state index is -3.78. The molecule has 1 aliphatic carbocycles. The summed E-state index contributed by atoms with van der Waals surface area (Å²) in [5.74, 6) is -0.655. The normalized spacial score (nSPS) is 17.4. The lowest BCUT2D eigenvalue weighted by atomic mass is 10.0. The lowest BCUT2D eigenvalue weighted by Crippen LogP contribution is -2.53. The van der Waals surface area contributed by atoms with Crippen molar-refractivity contribution in [1.82, 2.24) is 13.9 Å². The summed E-state index contributed by atoms with van der Waals surface area (Å²) in [5.41, 5.74) is 1.47. The first-order chi connectivity index (χ1) is 15.1. The highest BCUT2D eigenvalue weighted by atomic mass is 35.5. The van der Waals surface area contributed by atoms with Gasteiger partial charge in [-0.15, -0.1) is 0 Å². The SMILES string of the molecule is Cc1c(Nc2c(F)ccc(NS(=O)(=O)N3CC4(CC4)C3)c2Cl)ccc2ncn(C)c(=O)c12. The van der Waals surface area contributed by atoms with Gasteiger partial charge in [-0.2, -0.15) is 12.7 Å². The molecule has 11 heteroatoms. The van der Waals surface area contributed by atoms with Gasteiger partial charge in [0.15, 0.2) is 0 Å². The molecule has 0 atom stereocenters. The van der Waals surface area contributed by atoms with Crippen molar-refractivity contribution in [1.29, 1.82) is 0 Å². The predicted octanol–water partition coefficient (Wildman–Crippen LogP) is 3.53. The van der Waals surface area contributed by atoms with Crippen LogP contribution in [0.5, 0.6) is 0 Å². The summed E-state index contributed by atoms with van der Waals surface area (Å²) in [6, 6.07) is 5.76. The van der Waals surface area contributed by atoms with E-state index in [1.54, 1.807) is 26.1 Å². The van der Waals surface area contributed by atoms with E-state index in [4.69, 9.17) is 11.6 Å². The fourth-order valence-corrected chi connectivity index (χ4v) is 5.81. The van der Waals surface area contributed by atoms with Crippen molar-refractivity contribution in [2.45, 2.75) is 19.8 Å². The summed E-state index contributed by atoms with van der Waals surface area (Å²) in [5, 5.41) is 3.22. The summed E-state index contributed by atoms with van der Waals surface area (Å²) in [6.45, 7) is 2.71. The molecule has 3 aromatic rings. The van der Waals surface area contributed by atoms with Gasteiger partial charge in [-0.1, -0.05) is 11.6 Å². The Morgan fingerprint density at radius 3 is 2.53 bits per heavy atom. The van der Waals surface area contributed by atoms with E-state index in [0.29, 0.717) is 35.2 Å². The Kier molecular flexibility index (Phi) is 4.74. The minimum Gasteiger partial charge on any atom is -0.352 e. The summed E-state index contributed by atoms with van der Waals surface area (Å²) in [7, 11) is -2.18. The Labute approximate surface area is 189 Å². The van der Waals surface area contributed by atoms with Crippen LogP contribution in [0.2, 0.25) is 5.02 Å². The number of anilines is 3. The molecule has 2 fully saturated rings. The number of rotatable bonds is 5. The van der Waals surface area contributed by atoms with Gasteiger partial charge in [0.25, 0.3) is 5.56 Å². The van der Waals surface area contributed by atoms with Crippen LogP contribution in [0.25, 0.3) is 10.9 Å². The maximum absolute atomic E-state index is 14.7. The Bertz CT molecular complexity index is 1430. The van der Waals surface area contributed by atoms with Gasteiger partial charge in [-0.05, 0) is 55.0 Å². The number of fused-ring (bicyclic) bond motifs is 1. The molecule has 1 spiro atoms. The molecule has 2 aliphatic rings. The highest BCUT2D eigenvalue weighted by Crippen LogP contribution is 2.53. The summed E-state index contributed by atoms with van der Waals surface area (Å²) in [6.07, 6.45) is 3.54. The maximum atomic E-state index is 14.7. The Hall–Kier alpha value is -2.69. The lowest BCUT2D eigenvalue weighted by Gasteiger charge is -2.38. The van der Waals surface area contributed by atoms with Crippen molar-refractivity contribution in [3.8, 4) is 0 Å². The second kappa shape index (κ2) is 7.16. The first-order valence-corrected chi connectivity index (χ1v) is 11.9. The molecule has 32 heavy (non-hydrogen) atoms. The molecule has 1 saturated heterocycles. The van der Waals surface area contributed by atoms with Gasteiger partial charge >= 0.3 is 10.2 Å². The minimum absolute atomic E-state index is 0.0725. The van der Waals surface area contributed by atoms with Crippen molar-refractivity contribution in [3.05, 3.63) is 57.3 Å². The van der Waals surface area contributed by atoms with E-state index in [1.807, 2.05) is 0 Å². The van der Waals surface area contributed by atoms with Crippen molar-refractivity contribution in [3.63, 3.8) is 0 Å². The molecule has 2 heterocycles. The Morgan fingerprint density at radius 1 is 1.16 bits per heavy atom. The van der Waals surface area contributed by atoms with E-state index in [0.717, 1.165) is 18.9 Å². The second-order valence-corrected chi connectivity index (χ2v) is 10.6. The highest BCUT2D eigenvalue weighted by molar-refractivity contribution is 7.90.